The van der Waals surface area contributed by atoms with E-state index < -0.39 is 0 Å². The van der Waals surface area contributed by atoms with Crippen LogP contribution < -0.4 is 15.2 Å². The number of aryl methyl sites for hydroxylation is 1. The van der Waals surface area contributed by atoms with Gasteiger partial charge in [-0.2, -0.15) is 0 Å². The van der Waals surface area contributed by atoms with Crippen LogP contribution in [0.5, 0.6) is 11.5 Å². The van der Waals surface area contributed by atoms with E-state index >= 15 is 0 Å². The van der Waals surface area contributed by atoms with Crippen molar-refractivity contribution in [2.75, 3.05) is 7.11 Å². The van der Waals surface area contributed by atoms with Crippen LogP contribution in [-0.4, -0.2) is 19.3 Å². The predicted octanol–water partition coefficient (Wildman–Crippen LogP) is 3.15. The molecule has 3 nitrogen and oxygen atoms in total. The van der Waals surface area contributed by atoms with Crippen LogP contribution in [0, 0.1) is 5.92 Å². The maximum Gasteiger partial charge on any atom is 0.161 e. The Hall–Kier alpha value is -1.22. The SMILES string of the molecule is CCc1ccc(OC2CC(C)CCC2N)c(OC)c1. The van der Waals surface area contributed by atoms with E-state index in [0.717, 1.165) is 30.8 Å². The summed E-state index contributed by atoms with van der Waals surface area (Å²) in [6.45, 7) is 4.40. The summed E-state index contributed by atoms with van der Waals surface area (Å²) in [5.74, 6) is 2.31. The van der Waals surface area contributed by atoms with Gasteiger partial charge in [0.2, 0.25) is 0 Å². The van der Waals surface area contributed by atoms with E-state index in [1.54, 1.807) is 7.11 Å². The third-order valence-electron chi connectivity index (χ3n) is 4.02. The molecular formula is C16H25NO2. The van der Waals surface area contributed by atoms with Crippen LogP contribution in [0.3, 0.4) is 0 Å². The summed E-state index contributed by atoms with van der Waals surface area (Å²) in [4.78, 5) is 0. The average molecular weight is 263 g/mol. The zero-order valence-electron chi connectivity index (χ0n) is 12.2. The lowest BCUT2D eigenvalue weighted by Gasteiger charge is -2.33. The molecular weight excluding hydrogens is 238 g/mol. The number of rotatable bonds is 4. The van der Waals surface area contributed by atoms with Crippen molar-refractivity contribution in [1.82, 2.24) is 0 Å². The molecule has 0 saturated heterocycles. The number of hydrogen-bond donors (Lipinski definition) is 1. The number of benzene rings is 1. The first-order chi connectivity index (χ1) is 9.13. The molecule has 0 radical (unpaired) electrons. The lowest BCUT2D eigenvalue weighted by molar-refractivity contribution is 0.104. The summed E-state index contributed by atoms with van der Waals surface area (Å²) in [7, 11) is 1.69. The summed E-state index contributed by atoms with van der Waals surface area (Å²) in [6.07, 6.45) is 4.37. The molecule has 106 valence electrons. The number of hydrogen-bond acceptors (Lipinski definition) is 3. The second-order valence-corrected chi connectivity index (χ2v) is 5.58. The van der Waals surface area contributed by atoms with Crippen molar-refractivity contribution in [2.24, 2.45) is 11.7 Å². The maximum atomic E-state index is 6.17. The molecule has 3 atom stereocenters. The molecule has 0 heterocycles. The second-order valence-electron chi connectivity index (χ2n) is 5.58. The minimum Gasteiger partial charge on any atom is -0.493 e. The van der Waals surface area contributed by atoms with Gasteiger partial charge in [-0.25, -0.2) is 0 Å². The molecule has 0 aliphatic heterocycles. The molecule has 0 spiro atoms. The Kier molecular flexibility index (Phi) is 4.70. The lowest BCUT2D eigenvalue weighted by atomic mass is 9.85. The van der Waals surface area contributed by atoms with Gasteiger partial charge in [0.1, 0.15) is 6.10 Å². The molecule has 2 rings (SSSR count). The second kappa shape index (κ2) is 6.29. The summed E-state index contributed by atoms with van der Waals surface area (Å²) in [5, 5.41) is 0. The van der Waals surface area contributed by atoms with E-state index in [-0.39, 0.29) is 12.1 Å². The first-order valence-electron chi connectivity index (χ1n) is 7.23. The number of ether oxygens (including phenoxy) is 2. The third-order valence-corrected chi connectivity index (χ3v) is 4.02. The molecule has 3 unspecified atom stereocenters. The van der Waals surface area contributed by atoms with Gasteiger partial charge in [0.25, 0.3) is 0 Å². The minimum atomic E-state index is 0.102. The van der Waals surface area contributed by atoms with Crippen LogP contribution in [0.1, 0.15) is 38.7 Å². The molecule has 0 amide bonds. The van der Waals surface area contributed by atoms with Crippen molar-refractivity contribution in [3.63, 3.8) is 0 Å². The van der Waals surface area contributed by atoms with E-state index in [2.05, 4.69) is 19.9 Å². The Bertz CT molecular complexity index is 419. The van der Waals surface area contributed by atoms with Gasteiger partial charge in [-0.1, -0.05) is 19.9 Å². The van der Waals surface area contributed by atoms with Crippen molar-refractivity contribution >= 4 is 0 Å². The highest BCUT2D eigenvalue weighted by Crippen LogP contribution is 2.33. The van der Waals surface area contributed by atoms with Crippen molar-refractivity contribution in [2.45, 2.75) is 51.7 Å². The van der Waals surface area contributed by atoms with E-state index in [9.17, 15) is 0 Å². The minimum absolute atomic E-state index is 0.102. The number of nitrogens with two attached hydrogens (primary N) is 1. The fourth-order valence-corrected chi connectivity index (χ4v) is 2.68. The normalized spacial score (nSPS) is 27.1. The van der Waals surface area contributed by atoms with Gasteiger partial charge in [0, 0.05) is 6.04 Å². The Morgan fingerprint density at radius 2 is 2.05 bits per heavy atom. The summed E-state index contributed by atoms with van der Waals surface area (Å²) in [5.41, 5.74) is 7.43. The molecule has 1 fully saturated rings. The van der Waals surface area contributed by atoms with Gasteiger partial charge in [0.05, 0.1) is 7.11 Å². The smallest absolute Gasteiger partial charge is 0.161 e. The van der Waals surface area contributed by atoms with Crippen molar-refractivity contribution < 1.29 is 9.47 Å². The third kappa shape index (κ3) is 3.41. The maximum absolute atomic E-state index is 6.17. The highest BCUT2D eigenvalue weighted by Gasteiger charge is 2.28. The van der Waals surface area contributed by atoms with Crippen LogP contribution in [0.15, 0.2) is 18.2 Å². The zero-order valence-corrected chi connectivity index (χ0v) is 12.2. The fraction of sp³-hybridized carbons (Fsp3) is 0.625. The molecule has 1 aliphatic rings. The van der Waals surface area contributed by atoms with E-state index in [1.165, 1.54) is 12.0 Å². The summed E-state index contributed by atoms with van der Waals surface area (Å²) >= 11 is 0. The van der Waals surface area contributed by atoms with Gasteiger partial charge in [-0.3, -0.25) is 0 Å². The van der Waals surface area contributed by atoms with Crippen molar-refractivity contribution in [3.8, 4) is 11.5 Å². The van der Waals surface area contributed by atoms with Crippen LogP contribution in [0.4, 0.5) is 0 Å². The fourth-order valence-electron chi connectivity index (χ4n) is 2.68. The monoisotopic (exact) mass is 263 g/mol. The van der Waals surface area contributed by atoms with Gasteiger partial charge < -0.3 is 15.2 Å². The van der Waals surface area contributed by atoms with Gasteiger partial charge in [-0.15, -0.1) is 0 Å². The Labute approximate surface area is 116 Å². The quantitative estimate of drug-likeness (QED) is 0.907. The van der Waals surface area contributed by atoms with Crippen LogP contribution in [-0.2, 0) is 6.42 Å². The highest BCUT2D eigenvalue weighted by atomic mass is 16.5. The zero-order chi connectivity index (χ0) is 13.8. The largest absolute Gasteiger partial charge is 0.493 e. The lowest BCUT2D eigenvalue weighted by Crippen LogP contribution is -2.43. The first kappa shape index (κ1) is 14.2. The van der Waals surface area contributed by atoms with Crippen molar-refractivity contribution in [3.05, 3.63) is 23.8 Å². The molecule has 19 heavy (non-hydrogen) atoms. The molecule has 1 aromatic carbocycles. The Balaban J connectivity index is 2.13. The standard InChI is InChI=1S/C16H25NO2/c1-4-12-6-8-14(16(10-12)18-3)19-15-9-11(2)5-7-13(15)17/h6,8,10-11,13,15H,4-5,7,9,17H2,1-3H3. The molecule has 1 aromatic rings. The van der Waals surface area contributed by atoms with Gasteiger partial charge in [0.15, 0.2) is 11.5 Å². The molecule has 2 N–H and O–H groups in total. The highest BCUT2D eigenvalue weighted by molar-refractivity contribution is 5.43. The Morgan fingerprint density at radius 1 is 1.26 bits per heavy atom. The van der Waals surface area contributed by atoms with Crippen LogP contribution in [0.2, 0.25) is 0 Å². The van der Waals surface area contributed by atoms with Crippen LogP contribution in [0.25, 0.3) is 0 Å². The van der Waals surface area contributed by atoms with Crippen molar-refractivity contribution in [1.29, 1.82) is 0 Å². The average Bonchev–Trinajstić information content (AvgIpc) is 2.43. The van der Waals surface area contributed by atoms with E-state index in [1.807, 2.05) is 12.1 Å². The van der Waals surface area contributed by atoms with Crippen LogP contribution >= 0.6 is 0 Å². The molecule has 1 saturated carbocycles. The summed E-state index contributed by atoms with van der Waals surface area (Å²) in [6, 6.07) is 6.28. The van der Waals surface area contributed by atoms with Gasteiger partial charge >= 0.3 is 0 Å². The molecule has 0 aromatic heterocycles. The Morgan fingerprint density at radius 3 is 2.74 bits per heavy atom. The molecule has 3 heteroatoms. The number of methoxy groups -OCH3 is 1. The van der Waals surface area contributed by atoms with Gasteiger partial charge in [-0.05, 0) is 49.3 Å². The van der Waals surface area contributed by atoms with E-state index in [0.29, 0.717) is 5.92 Å². The first-order valence-corrected chi connectivity index (χ1v) is 7.23. The summed E-state index contributed by atoms with van der Waals surface area (Å²) < 4.78 is 11.5. The molecule has 1 aliphatic carbocycles. The predicted molar refractivity (Wildman–Crippen MR) is 77.8 cm³/mol. The molecule has 0 bridgehead atoms. The topological polar surface area (TPSA) is 44.5 Å². The van der Waals surface area contributed by atoms with E-state index in [4.69, 9.17) is 15.2 Å².